The van der Waals surface area contributed by atoms with Gasteiger partial charge in [-0.05, 0) is 106 Å². The maximum absolute atomic E-state index is 6.52. The van der Waals surface area contributed by atoms with Crippen LogP contribution in [-0.2, 0) is 0 Å². The van der Waals surface area contributed by atoms with Gasteiger partial charge in [-0.25, -0.2) is 0 Å². The quantitative estimate of drug-likeness (QED) is 0.153. The molecule has 0 aliphatic rings. The van der Waals surface area contributed by atoms with Crippen molar-refractivity contribution in [3.63, 3.8) is 0 Å². The first-order chi connectivity index (χ1) is 31.2. The molecule has 0 bridgehead atoms. The minimum absolute atomic E-state index is 0.852. The van der Waals surface area contributed by atoms with Crippen LogP contribution in [0.4, 0.5) is 17.1 Å². The van der Waals surface area contributed by atoms with Gasteiger partial charge in [0.2, 0.25) is 0 Å². The van der Waals surface area contributed by atoms with Crippen LogP contribution < -0.4 is 4.90 Å². The van der Waals surface area contributed by atoms with Crippen LogP contribution in [0.15, 0.2) is 247 Å². The van der Waals surface area contributed by atoms with Gasteiger partial charge in [-0.3, -0.25) is 0 Å². The van der Waals surface area contributed by atoms with Crippen molar-refractivity contribution < 1.29 is 4.42 Å². The lowest BCUT2D eigenvalue weighted by Crippen LogP contribution is -2.11. The molecule has 3 nitrogen and oxygen atoms in total. The van der Waals surface area contributed by atoms with Crippen LogP contribution >= 0.6 is 0 Å². The lowest BCUT2D eigenvalue weighted by atomic mass is 9.93. The highest BCUT2D eigenvalue weighted by Crippen LogP contribution is 2.46. The number of anilines is 3. The fraction of sp³-hybridized carbons (Fsp3) is 0. The van der Waals surface area contributed by atoms with E-state index < -0.39 is 0 Å². The van der Waals surface area contributed by atoms with Gasteiger partial charge in [0, 0.05) is 50.2 Å². The van der Waals surface area contributed by atoms with E-state index in [1.165, 1.54) is 32.9 Å². The number of hydrogen-bond acceptors (Lipinski definition) is 2. The zero-order chi connectivity index (χ0) is 41.7. The van der Waals surface area contributed by atoms with Crippen molar-refractivity contribution in [3.05, 3.63) is 243 Å². The highest BCUT2D eigenvalue weighted by atomic mass is 16.3. The van der Waals surface area contributed by atoms with Crippen molar-refractivity contribution in [1.82, 2.24) is 4.57 Å². The number of benzene rings is 10. The van der Waals surface area contributed by atoms with Crippen molar-refractivity contribution in [1.29, 1.82) is 0 Å². The topological polar surface area (TPSA) is 21.3 Å². The third-order valence-electron chi connectivity index (χ3n) is 12.4. The predicted octanol–water partition coefficient (Wildman–Crippen LogP) is 16.8. The maximum atomic E-state index is 6.52. The van der Waals surface area contributed by atoms with Crippen LogP contribution in [0, 0.1) is 0 Å². The first-order valence-electron chi connectivity index (χ1n) is 21.5. The standard InChI is InChI=1S/C60H40N2O/c1-4-17-41(18-5-1)49-35-32-47(39-55(49)42-19-6-2-7-20-42)61(48-33-36-54-53-27-12-15-30-59(53)63-60(54)40-48)56-28-13-10-25-50(56)45-22-16-21-43(37-45)44-31-34-52-51-26-11-14-29-57(51)62(58(52)38-44)46-23-8-3-9-24-46/h1-40H. The molecule has 0 atom stereocenters. The molecule has 0 saturated carbocycles. The molecular weight excluding hydrogens is 765 g/mol. The Morgan fingerprint density at radius 1 is 0.302 bits per heavy atom. The van der Waals surface area contributed by atoms with E-state index in [1.807, 2.05) is 12.1 Å². The van der Waals surface area contributed by atoms with Gasteiger partial charge in [-0.2, -0.15) is 0 Å². The van der Waals surface area contributed by atoms with Crippen molar-refractivity contribution in [3.8, 4) is 50.2 Å². The first-order valence-corrected chi connectivity index (χ1v) is 21.5. The number of furan rings is 1. The van der Waals surface area contributed by atoms with Gasteiger partial charge in [0.25, 0.3) is 0 Å². The Kier molecular flexibility index (Phi) is 8.83. The highest BCUT2D eigenvalue weighted by molar-refractivity contribution is 6.10. The number of hydrogen-bond donors (Lipinski definition) is 0. The van der Waals surface area contributed by atoms with Crippen LogP contribution in [0.1, 0.15) is 0 Å². The Balaban J connectivity index is 1.04. The zero-order valence-corrected chi connectivity index (χ0v) is 34.4. The van der Waals surface area contributed by atoms with Gasteiger partial charge < -0.3 is 13.9 Å². The van der Waals surface area contributed by atoms with E-state index in [-0.39, 0.29) is 0 Å². The van der Waals surface area contributed by atoms with E-state index in [0.29, 0.717) is 0 Å². The maximum Gasteiger partial charge on any atom is 0.137 e. The molecule has 0 saturated heterocycles. The summed E-state index contributed by atoms with van der Waals surface area (Å²) >= 11 is 0. The van der Waals surface area contributed by atoms with Crippen LogP contribution in [0.25, 0.3) is 93.9 Å². The van der Waals surface area contributed by atoms with Crippen molar-refractivity contribution in [2.75, 3.05) is 4.90 Å². The molecule has 0 fully saturated rings. The summed E-state index contributed by atoms with van der Waals surface area (Å²) in [6, 6.07) is 87.2. The SMILES string of the molecule is c1ccc(-c2ccc(N(c3ccc4c(c3)oc3ccccc34)c3ccccc3-c3cccc(-c4ccc5c6ccccc6n(-c6ccccc6)c5c4)c3)cc2-c2ccccc2)cc1. The molecule has 0 unspecified atom stereocenters. The van der Waals surface area contributed by atoms with E-state index in [2.05, 4.69) is 240 Å². The molecule has 0 radical (unpaired) electrons. The molecule has 2 heterocycles. The third kappa shape index (κ3) is 6.38. The molecule has 0 aliphatic carbocycles. The van der Waals surface area contributed by atoms with Gasteiger partial charge in [0.1, 0.15) is 11.2 Å². The molecule has 0 spiro atoms. The van der Waals surface area contributed by atoms with Crippen molar-refractivity contribution in [2.24, 2.45) is 0 Å². The number of fused-ring (bicyclic) bond motifs is 6. The van der Waals surface area contributed by atoms with Gasteiger partial charge in [-0.1, -0.05) is 170 Å². The second-order valence-corrected chi connectivity index (χ2v) is 16.1. The van der Waals surface area contributed by atoms with Crippen LogP contribution in [0.2, 0.25) is 0 Å². The number of rotatable bonds is 8. The summed E-state index contributed by atoms with van der Waals surface area (Å²) < 4.78 is 8.91. The Labute approximate surface area is 366 Å². The summed E-state index contributed by atoms with van der Waals surface area (Å²) in [6.45, 7) is 0. The summed E-state index contributed by atoms with van der Waals surface area (Å²) in [5.74, 6) is 0. The third-order valence-corrected chi connectivity index (χ3v) is 12.4. The fourth-order valence-corrected chi connectivity index (χ4v) is 9.46. The molecule has 0 aliphatic heterocycles. The van der Waals surface area contributed by atoms with E-state index >= 15 is 0 Å². The number of para-hydroxylation sites is 4. The van der Waals surface area contributed by atoms with Gasteiger partial charge in [-0.15, -0.1) is 0 Å². The monoisotopic (exact) mass is 804 g/mol. The minimum Gasteiger partial charge on any atom is -0.456 e. The van der Waals surface area contributed by atoms with Crippen LogP contribution in [0.5, 0.6) is 0 Å². The van der Waals surface area contributed by atoms with Crippen molar-refractivity contribution in [2.45, 2.75) is 0 Å². The fourth-order valence-electron chi connectivity index (χ4n) is 9.46. The average molecular weight is 805 g/mol. The molecule has 10 aromatic carbocycles. The summed E-state index contributed by atoms with van der Waals surface area (Å²) in [7, 11) is 0. The van der Waals surface area contributed by atoms with Gasteiger partial charge in [0.15, 0.2) is 0 Å². The molecule has 2 aromatic heterocycles. The number of aromatic nitrogens is 1. The Morgan fingerprint density at radius 3 is 1.70 bits per heavy atom. The Bertz CT molecular complexity index is 3620. The molecule has 3 heteroatoms. The van der Waals surface area contributed by atoms with Gasteiger partial charge in [0.05, 0.1) is 16.7 Å². The Morgan fingerprint density at radius 2 is 0.873 bits per heavy atom. The molecule has 12 rings (SSSR count). The largest absolute Gasteiger partial charge is 0.456 e. The predicted molar refractivity (Wildman–Crippen MR) is 264 cm³/mol. The summed E-state index contributed by atoms with van der Waals surface area (Å²) in [6.07, 6.45) is 0. The lowest BCUT2D eigenvalue weighted by molar-refractivity contribution is 0.669. The van der Waals surface area contributed by atoms with Crippen molar-refractivity contribution >= 4 is 60.8 Å². The van der Waals surface area contributed by atoms with Gasteiger partial charge >= 0.3 is 0 Å². The highest BCUT2D eigenvalue weighted by Gasteiger charge is 2.21. The Hall–Kier alpha value is -8.40. The average Bonchev–Trinajstić information content (AvgIpc) is 3.90. The second kappa shape index (κ2) is 15.3. The molecule has 296 valence electrons. The molecular formula is C60H40N2O. The van der Waals surface area contributed by atoms with E-state index in [9.17, 15) is 0 Å². The molecule has 63 heavy (non-hydrogen) atoms. The molecule has 0 N–H and O–H groups in total. The summed E-state index contributed by atoms with van der Waals surface area (Å²) in [4.78, 5) is 2.39. The normalized spacial score (nSPS) is 11.5. The zero-order valence-electron chi connectivity index (χ0n) is 34.4. The summed E-state index contributed by atoms with van der Waals surface area (Å²) in [5, 5.41) is 4.70. The summed E-state index contributed by atoms with van der Waals surface area (Å²) in [5.41, 5.74) is 17.7. The van der Waals surface area contributed by atoms with Crippen LogP contribution in [0.3, 0.4) is 0 Å². The smallest absolute Gasteiger partial charge is 0.137 e. The lowest BCUT2D eigenvalue weighted by Gasteiger charge is -2.29. The molecule has 0 amide bonds. The van der Waals surface area contributed by atoms with Crippen LogP contribution in [-0.4, -0.2) is 4.57 Å². The molecule has 12 aromatic rings. The van der Waals surface area contributed by atoms with E-state index in [4.69, 9.17) is 4.42 Å². The van der Waals surface area contributed by atoms with E-state index in [1.54, 1.807) is 0 Å². The van der Waals surface area contributed by atoms with E-state index in [0.717, 1.165) is 78.1 Å². The number of nitrogens with zero attached hydrogens (tertiary/aromatic N) is 2. The second-order valence-electron chi connectivity index (χ2n) is 16.1. The first kappa shape index (κ1) is 36.5. The minimum atomic E-state index is 0.852.